The molecule has 0 saturated heterocycles. The van der Waals surface area contributed by atoms with Crippen molar-refractivity contribution in [2.24, 2.45) is 0 Å². The van der Waals surface area contributed by atoms with Gasteiger partial charge < -0.3 is 19.5 Å². The quantitative estimate of drug-likeness (QED) is 0.474. The molecule has 0 aliphatic carbocycles. The van der Waals surface area contributed by atoms with Gasteiger partial charge in [-0.1, -0.05) is 12.1 Å². The number of non-ortho nitro benzene ring substituents is 1. The molecule has 1 aliphatic rings. The van der Waals surface area contributed by atoms with Gasteiger partial charge in [0.2, 0.25) is 5.91 Å². The highest BCUT2D eigenvalue weighted by Crippen LogP contribution is 2.33. The maximum atomic E-state index is 12.3. The van der Waals surface area contributed by atoms with Gasteiger partial charge in [0.1, 0.15) is 11.5 Å². The van der Waals surface area contributed by atoms with Crippen LogP contribution in [0.1, 0.15) is 18.1 Å². The van der Waals surface area contributed by atoms with E-state index in [1.165, 1.54) is 24.3 Å². The molecule has 1 amide bonds. The number of nitrogens with one attached hydrogen (secondary N) is 1. The van der Waals surface area contributed by atoms with Crippen molar-refractivity contribution < 1.29 is 23.9 Å². The number of hydrogen-bond acceptors (Lipinski definition) is 6. The summed E-state index contributed by atoms with van der Waals surface area (Å²) in [6.07, 6.45) is 2.77. The van der Waals surface area contributed by atoms with Gasteiger partial charge in [0.05, 0.1) is 23.8 Å². The molecule has 3 rings (SSSR count). The number of carbonyl (C=O) groups is 1. The molecule has 0 unspecified atom stereocenters. The molecule has 1 N–H and O–H groups in total. The van der Waals surface area contributed by atoms with Gasteiger partial charge in [0.15, 0.2) is 6.79 Å². The molecule has 2 aromatic carbocycles. The molecule has 8 heteroatoms. The minimum absolute atomic E-state index is 0.0551. The number of fused-ring (bicyclic) bond motifs is 1. The molecule has 1 aliphatic heterocycles. The first-order chi connectivity index (χ1) is 13.1. The topological polar surface area (TPSA) is 99.9 Å². The zero-order valence-electron chi connectivity index (χ0n) is 14.6. The molecule has 0 radical (unpaired) electrons. The number of nitro benzene ring substituents is 1. The van der Waals surface area contributed by atoms with E-state index in [0.29, 0.717) is 34.9 Å². The van der Waals surface area contributed by atoms with Crippen LogP contribution in [-0.4, -0.2) is 24.2 Å². The summed E-state index contributed by atoms with van der Waals surface area (Å²) in [6.45, 7) is 2.60. The zero-order valence-corrected chi connectivity index (χ0v) is 14.6. The van der Waals surface area contributed by atoms with E-state index < -0.39 is 10.8 Å². The van der Waals surface area contributed by atoms with Crippen molar-refractivity contribution in [3.63, 3.8) is 0 Å². The van der Waals surface area contributed by atoms with Gasteiger partial charge in [0, 0.05) is 29.3 Å². The fourth-order valence-electron chi connectivity index (χ4n) is 2.65. The summed E-state index contributed by atoms with van der Waals surface area (Å²) in [5, 5.41) is 13.9. The van der Waals surface area contributed by atoms with E-state index in [4.69, 9.17) is 14.2 Å². The van der Waals surface area contributed by atoms with E-state index >= 15 is 0 Å². The second-order valence-corrected chi connectivity index (χ2v) is 5.64. The third kappa shape index (κ3) is 4.42. The Kier molecular flexibility index (Phi) is 5.68. The summed E-state index contributed by atoms with van der Waals surface area (Å²) < 4.78 is 16.1. The number of nitro groups is 1. The third-order valence-electron chi connectivity index (χ3n) is 3.79. The molecule has 0 spiro atoms. The standard InChI is InChI=1S/C19H18N2O6/c1-2-26-17-6-4-3-5-16(17)20-18(22)8-7-13-9-15(21(23)24)10-14-11-25-12-27-19(13)14/h3-10H,2,11-12H2,1H3,(H,20,22)/b8-7+. The van der Waals surface area contributed by atoms with E-state index in [0.717, 1.165) is 0 Å². The van der Waals surface area contributed by atoms with Crippen molar-refractivity contribution in [2.45, 2.75) is 13.5 Å². The van der Waals surface area contributed by atoms with Crippen LogP contribution in [0.25, 0.3) is 6.08 Å². The molecular formula is C19H18N2O6. The third-order valence-corrected chi connectivity index (χ3v) is 3.79. The van der Waals surface area contributed by atoms with E-state index in [1.807, 2.05) is 13.0 Å². The van der Waals surface area contributed by atoms with Crippen LogP contribution in [0, 0.1) is 10.1 Å². The van der Waals surface area contributed by atoms with Crippen molar-refractivity contribution in [1.29, 1.82) is 0 Å². The number of ether oxygens (including phenoxy) is 3. The molecule has 2 aromatic rings. The van der Waals surface area contributed by atoms with Crippen LogP contribution in [-0.2, 0) is 16.1 Å². The van der Waals surface area contributed by atoms with Crippen LogP contribution in [0.2, 0.25) is 0 Å². The number of carbonyl (C=O) groups excluding carboxylic acids is 1. The Morgan fingerprint density at radius 3 is 2.96 bits per heavy atom. The molecular weight excluding hydrogens is 352 g/mol. The van der Waals surface area contributed by atoms with E-state index in [-0.39, 0.29) is 19.1 Å². The van der Waals surface area contributed by atoms with Crippen molar-refractivity contribution >= 4 is 23.4 Å². The molecule has 8 nitrogen and oxygen atoms in total. The van der Waals surface area contributed by atoms with Gasteiger partial charge in [-0.25, -0.2) is 0 Å². The fraction of sp³-hybridized carbons (Fsp3) is 0.211. The van der Waals surface area contributed by atoms with Crippen LogP contribution < -0.4 is 14.8 Å². The average molecular weight is 370 g/mol. The highest BCUT2D eigenvalue weighted by atomic mass is 16.7. The normalized spacial score (nSPS) is 12.9. The second-order valence-electron chi connectivity index (χ2n) is 5.64. The molecule has 1 heterocycles. The van der Waals surface area contributed by atoms with Gasteiger partial charge in [0.25, 0.3) is 5.69 Å². The maximum absolute atomic E-state index is 12.3. The van der Waals surface area contributed by atoms with E-state index in [1.54, 1.807) is 18.2 Å². The lowest BCUT2D eigenvalue weighted by Gasteiger charge is -2.19. The Bertz CT molecular complexity index is 894. The van der Waals surface area contributed by atoms with Crippen molar-refractivity contribution in [2.75, 3.05) is 18.7 Å². The number of anilines is 1. The predicted molar refractivity (Wildman–Crippen MR) is 98.7 cm³/mol. The van der Waals surface area contributed by atoms with Crippen LogP contribution in [0.5, 0.6) is 11.5 Å². The number of para-hydroxylation sites is 2. The molecule has 0 aromatic heterocycles. The number of nitrogens with zero attached hydrogens (tertiary/aromatic N) is 1. The number of hydrogen-bond donors (Lipinski definition) is 1. The Labute approximate surface area is 155 Å². The van der Waals surface area contributed by atoms with Gasteiger partial charge in [-0.2, -0.15) is 0 Å². The summed E-state index contributed by atoms with van der Waals surface area (Å²) in [6, 6.07) is 9.85. The Morgan fingerprint density at radius 1 is 1.37 bits per heavy atom. The average Bonchev–Trinajstić information content (AvgIpc) is 2.67. The minimum Gasteiger partial charge on any atom is -0.492 e. The number of amides is 1. The van der Waals surface area contributed by atoms with Crippen LogP contribution in [0.15, 0.2) is 42.5 Å². The van der Waals surface area contributed by atoms with Gasteiger partial charge in [-0.15, -0.1) is 0 Å². The summed E-state index contributed by atoms with van der Waals surface area (Å²) in [4.78, 5) is 22.9. The Hall–Kier alpha value is -3.39. The predicted octanol–water partition coefficient (Wildman–Crippen LogP) is 3.51. The fourth-order valence-corrected chi connectivity index (χ4v) is 2.65. The smallest absolute Gasteiger partial charge is 0.270 e. The molecule has 0 atom stereocenters. The SMILES string of the molecule is CCOc1ccccc1NC(=O)/C=C/c1cc([N+](=O)[O-])cc2c1OCOC2. The lowest BCUT2D eigenvalue weighted by atomic mass is 10.1. The first-order valence-corrected chi connectivity index (χ1v) is 8.31. The molecule has 140 valence electrons. The Morgan fingerprint density at radius 2 is 2.19 bits per heavy atom. The number of rotatable bonds is 6. The van der Waals surface area contributed by atoms with Crippen molar-refractivity contribution in [3.05, 3.63) is 63.7 Å². The summed E-state index contributed by atoms with van der Waals surface area (Å²) >= 11 is 0. The second kappa shape index (κ2) is 8.33. The first kappa shape index (κ1) is 18.4. The van der Waals surface area contributed by atoms with E-state index in [9.17, 15) is 14.9 Å². The highest BCUT2D eigenvalue weighted by Gasteiger charge is 2.19. The highest BCUT2D eigenvalue weighted by molar-refractivity contribution is 6.03. The summed E-state index contributed by atoms with van der Waals surface area (Å²) in [5.74, 6) is 0.648. The monoisotopic (exact) mass is 370 g/mol. The number of benzene rings is 2. The van der Waals surface area contributed by atoms with Crippen LogP contribution >= 0.6 is 0 Å². The molecule has 0 saturated carbocycles. The zero-order chi connectivity index (χ0) is 19.2. The van der Waals surface area contributed by atoms with Crippen LogP contribution in [0.3, 0.4) is 0 Å². The first-order valence-electron chi connectivity index (χ1n) is 8.31. The molecule has 27 heavy (non-hydrogen) atoms. The van der Waals surface area contributed by atoms with Gasteiger partial charge in [-0.05, 0) is 25.1 Å². The Balaban J connectivity index is 1.82. The largest absolute Gasteiger partial charge is 0.492 e. The molecule has 0 fully saturated rings. The van der Waals surface area contributed by atoms with Crippen molar-refractivity contribution in [1.82, 2.24) is 0 Å². The van der Waals surface area contributed by atoms with Gasteiger partial charge >= 0.3 is 0 Å². The van der Waals surface area contributed by atoms with E-state index in [2.05, 4.69) is 5.32 Å². The minimum atomic E-state index is -0.495. The van der Waals surface area contributed by atoms with Crippen molar-refractivity contribution in [3.8, 4) is 11.5 Å². The summed E-state index contributed by atoms with van der Waals surface area (Å²) in [7, 11) is 0. The lowest BCUT2D eigenvalue weighted by molar-refractivity contribution is -0.385. The molecule has 0 bridgehead atoms. The maximum Gasteiger partial charge on any atom is 0.270 e. The summed E-state index contributed by atoms with van der Waals surface area (Å²) in [5.41, 5.74) is 1.46. The van der Waals surface area contributed by atoms with Gasteiger partial charge in [-0.3, -0.25) is 14.9 Å². The van der Waals surface area contributed by atoms with Crippen LogP contribution in [0.4, 0.5) is 11.4 Å². The lowest BCUT2D eigenvalue weighted by Crippen LogP contribution is -2.13.